The van der Waals surface area contributed by atoms with Crippen molar-refractivity contribution in [1.82, 2.24) is 10.2 Å². The molecule has 2 aromatic carbocycles. The van der Waals surface area contributed by atoms with E-state index >= 15 is 0 Å². The van der Waals surface area contributed by atoms with Gasteiger partial charge in [-0.05, 0) is 42.7 Å². The summed E-state index contributed by atoms with van der Waals surface area (Å²) in [6.07, 6.45) is 1.28. The zero-order valence-electron chi connectivity index (χ0n) is 18.0. The van der Waals surface area contributed by atoms with E-state index in [1.807, 2.05) is 19.9 Å². The van der Waals surface area contributed by atoms with Gasteiger partial charge in [-0.2, -0.15) is 0 Å². The Kier molecular flexibility index (Phi) is 11.5. The fourth-order valence-electron chi connectivity index (χ4n) is 3.11. The molecule has 0 aromatic heterocycles. The van der Waals surface area contributed by atoms with Crippen LogP contribution in [0.25, 0.3) is 0 Å². The van der Waals surface area contributed by atoms with Crippen LogP contribution >= 0.6 is 58.2 Å². The van der Waals surface area contributed by atoms with Crippen molar-refractivity contribution in [2.75, 3.05) is 12.3 Å². The Morgan fingerprint density at radius 1 is 1.03 bits per heavy atom. The lowest BCUT2D eigenvalue weighted by molar-refractivity contribution is -0.139. The van der Waals surface area contributed by atoms with Crippen molar-refractivity contribution in [2.24, 2.45) is 0 Å². The molecule has 2 aromatic rings. The molecule has 0 bridgehead atoms. The van der Waals surface area contributed by atoms with Crippen molar-refractivity contribution < 1.29 is 9.59 Å². The predicted molar refractivity (Wildman–Crippen MR) is 137 cm³/mol. The number of rotatable bonds is 11. The molecule has 1 N–H and O–H groups in total. The van der Waals surface area contributed by atoms with Crippen LogP contribution in [0.2, 0.25) is 20.1 Å². The zero-order chi connectivity index (χ0) is 23.7. The van der Waals surface area contributed by atoms with E-state index in [-0.39, 0.29) is 24.1 Å². The van der Waals surface area contributed by atoms with Crippen LogP contribution in [0.15, 0.2) is 36.4 Å². The van der Waals surface area contributed by atoms with Gasteiger partial charge in [-0.25, -0.2) is 0 Å². The highest BCUT2D eigenvalue weighted by Gasteiger charge is 2.29. The largest absolute Gasteiger partial charge is 0.354 e. The van der Waals surface area contributed by atoms with Crippen molar-refractivity contribution in [3.05, 3.63) is 67.6 Å². The number of halogens is 4. The standard InChI is InChI=1S/C23H26Cl4N2O2S/c1-3-10-28-23(31)21(4-2)29(12-17-18(25)6-5-7-19(17)26)22(30)14-32-13-15-8-9-16(24)11-20(15)27/h5-9,11,21H,3-4,10,12-14H2,1-2H3,(H,28,31)/t21-/m0/s1. The SMILES string of the molecule is CCCNC(=O)[C@H](CC)N(Cc1c(Cl)cccc1Cl)C(=O)CSCc1ccc(Cl)cc1Cl. The summed E-state index contributed by atoms with van der Waals surface area (Å²) in [6.45, 7) is 4.56. The highest BCUT2D eigenvalue weighted by molar-refractivity contribution is 7.99. The highest BCUT2D eigenvalue weighted by Crippen LogP contribution is 2.28. The number of hydrogen-bond acceptors (Lipinski definition) is 3. The fraction of sp³-hybridized carbons (Fsp3) is 0.391. The van der Waals surface area contributed by atoms with E-state index in [9.17, 15) is 9.59 Å². The predicted octanol–water partition coefficient (Wildman–Crippen LogP) is 6.87. The van der Waals surface area contributed by atoms with Crippen molar-refractivity contribution in [3.8, 4) is 0 Å². The Bertz CT molecular complexity index is 922. The van der Waals surface area contributed by atoms with Gasteiger partial charge in [0.2, 0.25) is 11.8 Å². The van der Waals surface area contributed by atoms with Crippen LogP contribution in [0.1, 0.15) is 37.8 Å². The third kappa shape index (κ3) is 7.74. The molecule has 0 heterocycles. The lowest BCUT2D eigenvalue weighted by Gasteiger charge is -2.31. The van der Waals surface area contributed by atoms with Crippen molar-refractivity contribution in [3.63, 3.8) is 0 Å². The maximum atomic E-state index is 13.3. The molecule has 1 atom stereocenters. The van der Waals surface area contributed by atoms with Crippen molar-refractivity contribution >= 4 is 70.0 Å². The van der Waals surface area contributed by atoms with Gasteiger partial charge >= 0.3 is 0 Å². The molecule has 174 valence electrons. The smallest absolute Gasteiger partial charge is 0.242 e. The Hall–Kier alpha value is -1.11. The maximum absolute atomic E-state index is 13.3. The van der Waals surface area contributed by atoms with E-state index in [4.69, 9.17) is 46.4 Å². The van der Waals surface area contributed by atoms with Gasteiger partial charge in [0.25, 0.3) is 0 Å². The third-order valence-corrected chi connectivity index (χ3v) is 7.08. The molecule has 0 aliphatic heterocycles. The van der Waals surface area contributed by atoms with Crippen LogP contribution in [-0.2, 0) is 21.9 Å². The summed E-state index contributed by atoms with van der Waals surface area (Å²) in [5, 5.41) is 4.93. The molecule has 0 radical (unpaired) electrons. The van der Waals surface area contributed by atoms with Crippen LogP contribution in [0.3, 0.4) is 0 Å². The Morgan fingerprint density at radius 2 is 1.72 bits per heavy atom. The molecule has 0 saturated carbocycles. The summed E-state index contributed by atoms with van der Waals surface area (Å²) in [5.41, 5.74) is 1.51. The number of thioether (sulfide) groups is 1. The number of hydrogen-bond donors (Lipinski definition) is 1. The Morgan fingerprint density at radius 3 is 2.31 bits per heavy atom. The minimum Gasteiger partial charge on any atom is -0.354 e. The van der Waals surface area contributed by atoms with Crippen LogP contribution in [0.5, 0.6) is 0 Å². The minimum atomic E-state index is -0.624. The molecule has 2 rings (SSSR count). The molecule has 0 aliphatic rings. The van der Waals surface area contributed by atoms with Gasteiger partial charge in [-0.1, -0.05) is 72.4 Å². The minimum absolute atomic E-state index is 0.150. The lowest BCUT2D eigenvalue weighted by atomic mass is 10.1. The number of carbonyl (C=O) groups is 2. The van der Waals surface area contributed by atoms with Gasteiger partial charge in [0.1, 0.15) is 6.04 Å². The summed E-state index contributed by atoms with van der Waals surface area (Å²) >= 11 is 26.3. The first-order valence-electron chi connectivity index (χ1n) is 10.3. The second-order valence-electron chi connectivity index (χ2n) is 7.17. The fourth-order valence-corrected chi connectivity index (χ4v) is 5.09. The van der Waals surface area contributed by atoms with E-state index in [0.29, 0.717) is 44.4 Å². The summed E-state index contributed by atoms with van der Waals surface area (Å²) in [5.74, 6) is 0.367. The van der Waals surface area contributed by atoms with Crippen LogP contribution in [0.4, 0.5) is 0 Å². The molecule has 9 heteroatoms. The lowest BCUT2D eigenvalue weighted by Crippen LogP contribution is -2.49. The van der Waals surface area contributed by atoms with Gasteiger partial charge in [-0.15, -0.1) is 11.8 Å². The molecular formula is C23H26Cl4N2O2S. The average Bonchev–Trinajstić information content (AvgIpc) is 2.75. The summed E-state index contributed by atoms with van der Waals surface area (Å²) in [7, 11) is 0. The van der Waals surface area contributed by atoms with Crippen molar-refractivity contribution in [2.45, 2.75) is 45.0 Å². The molecule has 0 spiro atoms. The first-order valence-corrected chi connectivity index (χ1v) is 13.0. The van der Waals surface area contributed by atoms with E-state index in [2.05, 4.69) is 5.32 Å². The number of nitrogens with zero attached hydrogens (tertiary/aromatic N) is 1. The monoisotopic (exact) mass is 534 g/mol. The molecule has 0 fully saturated rings. The van der Waals surface area contributed by atoms with Gasteiger partial charge in [-0.3, -0.25) is 9.59 Å². The summed E-state index contributed by atoms with van der Waals surface area (Å²) in [4.78, 5) is 27.6. The van der Waals surface area contributed by atoms with Crippen LogP contribution in [-0.4, -0.2) is 35.1 Å². The molecule has 0 saturated heterocycles. The van der Waals surface area contributed by atoms with Crippen LogP contribution in [0, 0.1) is 0 Å². The second kappa shape index (κ2) is 13.6. The molecule has 32 heavy (non-hydrogen) atoms. The van der Waals surface area contributed by atoms with Gasteiger partial charge in [0.05, 0.1) is 5.75 Å². The maximum Gasteiger partial charge on any atom is 0.242 e. The summed E-state index contributed by atoms with van der Waals surface area (Å²) < 4.78 is 0. The Balaban J connectivity index is 2.19. The molecule has 2 amide bonds. The number of nitrogens with one attached hydrogen (secondary N) is 1. The second-order valence-corrected chi connectivity index (χ2v) is 9.81. The number of benzene rings is 2. The molecule has 4 nitrogen and oxygen atoms in total. The van der Waals surface area contributed by atoms with Crippen LogP contribution < -0.4 is 5.32 Å². The molecule has 0 aliphatic carbocycles. The third-order valence-electron chi connectivity index (χ3n) is 4.82. The molecule has 0 unspecified atom stereocenters. The average molecular weight is 536 g/mol. The van der Waals surface area contributed by atoms with Gasteiger partial charge in [0.15, 0.2) is 0 Å². The first kappa shape index (κ1) is 27.1. The number of amides is 2. The molecular weight excluding hydrogens is 510 g/mol. The Labute approximate surface area is 213 Å². The number of carbonyl (C=O) groups excluding carboxylic acids is 2. The summed E-state index contributed by atoms with van der Waals surface area (Å²) in [6, 6.07) is 9.86. The van der Waals surface area contributed by atoms with Crippen molar-refractivity contribution in [1.29, 1.82) is 0 Å². The van der Waals surface area contributed by atoms with Gasteiger partial charge in [0, 0.05) is 44.5 Å². The normalized spacial score (nSPS) is 11.8. The zero-order valence-corrected chi connectivity index (χ0v) is 21.8. The van der Waals surface area contributed by atoms with E-state index in [0.717, 1.165) is 12.0 Å². The van der Waals surface area contributed by atoms with Gasteiger partial charge < -0.3 is 10.2 Å². The van der Waals surface area contributed by atoms with E-state index < -0.39 is 6.04 Å². The first-order chi connectivity index (χ1) is 15.3. The van der Waals surface area contributed by atoms with E-state index in [1.165, 1.54) is 11.8 Å². The quantitative estimate of drug-likeness (QED) is 0.341. The topological polar surface area (TPSA) is 49.4 Å². The van der Waals surface area contributed by atoms with E-state index in [1.54, 1.807) is 35.2 Å². The highest BCUT2D eigenvalue weighted by atomic mass is 35.5.